The summed E-state index contributed by atoms with van der Waals surface area (Å²) in [6.45, 7) is 7.78. The molecule has 3 aromatic rings. The van der Waals surface area contributed by atoms with Gasteiger partial charge in [0.1, 0.15) is 6.10 Å². The number of nitrogens with zero attached hydrogens (tertiary/aromatic N) is 2. The highest BCUT2D eigenvalue weighted by molar-refractivity contribution is 5.69. The third kappa shape index (κ3) is 6.59. The standard InChI is InChI=1S/C21H21N5O.C5H8/c22-10-16-3-1-15(2-4-16)5-7-24-13-19-14-25-20-9-18(12-26-21(20)27-19)17-6-8-23-11-17;1-3-5-4-2/h1-4,6,8-9,11-12,19,23-25H,5,7,13-14H2;3-5H,1H2,2H3/b;5-4-/t19-;/m1./s1. The number of benzene rings is 1. The van der Waals surface area contributed by atoms with E-state index in [9.17, 15) is 0 Å². The molecular weight excluding hydrogens is 398 g/mol. The second-order valence-corrected chi connectivity index (χ2v) is 7.32. The number of rotatable bonds is 7. The number of aromatic amines is 1. The van der Waals surface area contributed by atoms with Crippen molar-refractivity contribution in [1.82, 2.24) is 15.3 Å². The van der Waals surface area contributed by atoms with Gasteiger partial charge in [0, 0.05) is 36.3 Å². The highest BCUT2D eigenvalue weighted by atomic mass is 16.5. The third-order valence-corrected chi connectivity index (χ3v) is 4.95. The molecule has 1 aliphatic heterocycles. The molecule has 6 nitrogen and oxygen atoms in total. The molecule has 1 atom stereocenters. The Hall–Kier alpha value is -3.82. The monoisotopic (exact) mass is 427 g/mol. The molecule has 1 aromatic carbocycles. The van der Waals surface area contributed by atoms with Crippen LogP contribution in [0.5, 0.6) is 5.88 Å². The van der Waals surface area contributed by atoms with Crippen LogP contribution in [0.4, 0.5) is 5.69 Å². The van der Waals surface area contributed by atoms with Gasteiger partial charge in [-0.15, -0.1) is 0 Å². The molecule has 0 fully saturated rings. The quantitative estimate of drug-likeness (QED) is 0.376. The highest BCUT2D eigenvalue weighted by Crippen LogP contribution is 2.30. The summed E-state index contributed by atoms with van der Waals surface area (Å²) in [4.78, 5) is 7.52. The van der Waals surface area contributed by atoms with Gasteiger partial charge >= 0.3 is 0 Å². The van der Waals surface area contributed by atoms with E-state index in [1.165, 1.54) is 5.56 Å². The van der Waals surface area contributed by atoms with Crippen LogP contribution in [-0.2, 0) is 6.42 Å². The first-order valence-electron chi connectivity index (χ1n) is 10.7. The molecule has 1 aliphatic rings. The molecular formula is C26H29N5O. The second-order valence-electron chi connectivity index (χ2n) is 7.32. The predicted molar refractivity (Wildman–Crippen MR) is 130 cm³/mol. The van der Waals surface area contributed by atoms with E-state index in [0.29, 0.717) is 11.4 Å². The minimum absolute atomic E-state index is 0.0454. The Morgan fingerprint density at radius 2 is 2.12 bits per heavy atom. The number of ether oxygens (including phenoxy) is 1. The lowest BCUT2D eigenvalue weighted by Crippen LogP contribution is -2.40. The molecule has 32 heavy (non-hydrogen) atoms. The fourth-order valence-corrected chi connectivity index (χ4v) is 3.25. The van der Waals surface area contributed by atoms with Crippen LogP contribution in [0.2, 0.25) is 0 Å². The number of H-pyrrole nitrogens is 1. The zero-order chi connectivity index (χ0) is 22.6. The summed E-state index contributed by atoms with van der Waals surface area (Å²) in [5, 5.41) is 15.7. The lowest BCUT2D eigenvalue weighted by molar-refractivity contribution is 0.194. The summed E-state index contributed by atoms with van der Waals surface area (Å²) < 4.78 is 6.01. The average Bonchev–Trinajstić information content (AvgIpc) is 3.38. The zero-order valence-electron chi connectivity index (χ0n) is 18.3. The van der Waals surface area contributed by atoms with Gasteiger partial charge in [-0.25, -0.2) is 4.98 Å². The first-order chi connectivity index (χ1) is 15.7. The van der Waals surface area contributed by atoms with Gasteiger partial charge in [0.2, 0.25) is 5.88 Å². The van der Waals surface area contributed by atoms with Crippen molar-refractivity contribution in [2.24, 2.45) is 0 Å². The Bertz CT molecular complexity index is 1050. The van der Waals surface area contributed by atoms with Gasteiger partial charge in [0.05, 0.1) is 23.9 Å². The van der Waals surface area contributed by atoms with E-state index >= 15 is 0 Å². The molecule has 2 aromatic heterocycles. The molecule has 0 spiro atoms. The number of fused-ring (bicyclic) bond motifs is 1. The maximum atomic E-state index is 8.83. The Morgan fingerprint density at radius 1 is 1.28 bits per heavy atom. The van der Waals surface area contributed by atoms with Gasteiger partial charge in [-0.1, -0.05) is 36.9 Å². The van der Waals surface area contributed by atoms with Crippen molar-refractivity contribution >= 4 is 5.69 Å². The smallest absolute Gasteiger partial charge is 0.237 e. The summed E-state index contributed by atoms with van der Waals surface area (Å²) in [6.07, 6.45) is 12.2. The molecule has 0 amide bonds. The molecule has 0 saturated heterocycles. The summed E-state index contributed by atoms with van der Waals surface area (Å²) >= 11 is 0. The minimum Gasteiger partial charge on any atom is -0.470 e. The van der Waals surface area contributed by atoms with Crippen molar-refractivity contribution in [3.05, 3.63) is 90.9 Å². The van der Waals surface area contributed by atoms with Crippen molar-refractivity contribution in [3.63, 3.8) is 0 Å². The molecule has 4 rings (SSSR count). The van der Waals surface area contributed by atoms with Crippen LogP contribution in [0, 0.1) is 11.3 Å². The van der Waals surface area contributed by atoms with Crippen molar-refractivity contribution in [1.29, 1.82) is 5.26 Å². The molecule has 0 saturated carbocycles. The zero-order valence-corrected chi connectivity index (χ0v) is 18.3. The van der Waals surface area contributed by atoms with Crippen molar-refractivity contribution in [2.45, 2.75) is 19.4 Å². The molecule has 164 valence electrons. The van der Waals surface area contributed by atoms with E-state index in [2.05, 4.69) is 39.3 Å². The maximum Gasteiger partial charge on any atom is 0.237 e. The van der Waals surface area contributed by atoms with Crippen LogP contribution in [0.25, 0.3) is 11.1 Å². The van der Waals surface area contributed by atoms with Gasteiger partial charge < -0.3 is 20.4 Å². The normalized spacial score (nSPS) is 14.3. The molecule has 0 bridgehead atoms. The second kappa shape index (κ2) is 12.1. The van der Waals surface area contributed by atoms with E-state index in [4.69, 9.17) is 10.00 Å². The lowest BCUT2D eigenvalue weighted by atomic mass is 10.1. The largest absolute Gasteiger partial charge is 0.470 e. The molecule has 6 heteroatoms. The van der Waals surface area contributed by atoms with E-state index in [0.717, 1.165) is 42.9 Å². The van der Waals surface area contributed by atoms with Crippen LogP contribution in [-0.4, -0.2) is 35.7 Å². The topological polar surface area (TPSA) is 85.8 Å². The molecule has 0 unspecified atom stereocenters. The molecule has 3 heterocycles. The van der Waals surface area contributed by atoms with Gasteiger partial charge in [0.15, 0.2) is 0 Å². The third-order valence-electron chi connectivity index (χ3n) is 4.95. The summed E-state index contributed by atoms with van der Waals surface area (Å²) in [6, 6.07) is 13.9. The number of nitrogens with one attached hydrogen (secondary N) is 3. The Balaban J connectivity index is 0.000000523. The Kier molecular flexibility index (Phi) is 8.67. The lowest BCUT2D eigenvalue weighted by Gasteiger charge is -2.27. The van der Waals surface area contributed by atoms with E-state index in [1.54, 1.807) is 6.08 Å². The molecule has 3 N–H and O–H groups in total. The van der Waals surface area contributed by atoms with Gasteiger partial charge in [-0.3, -0.25) is 0 Å². The first-order valence-corrected chi connectivity index (χ1v) is 10.7. The van der Waals surface area contributed by atoms with Crippen LogP contribution in [0.3, 0.4) is 0 Å². The summed E-state index contributed by atoms with van der Waals surface area (Å²) in [5.41, 5.74) is 5.01. The number of hydrogen-bond acceptors (Lipinski definition) is 5. The van der Waals surface area contributed by atoms with Crippen molar-refractivity contribution < 1.29 is 4.74 Å². The highest BCUT2D eigenvalue weighted by Gasteiger charge is 2.20. The van der Waals surface area contributed by atoms with Crippen LogP contribution in [0.15, 0.2) is 79.8 Å². The van der Waals surface area contributed by atoms with E-state index in [1.807, 2.05) is 68.0 Å². The summed E-state index contributed by atoms with van der Waals surface area (Å²) in [5.74, 6) is 0.652. The molecule has 0 aliphatic carbocycles. The number of anilines is 1. The van der Waals surface area contributed by atoms with Gasteiger partial charge in [-0.05, 0) is 49.7 Å². The fraction of sp³-hybridized carbons (Fsp3) is 0.231. The number of allylic oxidation sites excluding steroid dienone is 3. The first kappa shape index (κ1) is 22.9. The van der Waals surface area contributed by atoms with Crippen LogP contribution >= 0.6 is 0 Å². The van der Waals surface area contributed by atoms with Crippen molar-refractivity contribution in [2.75, 3.05) is 25.0 Å². The SMILES string of the molecule is C=C/C=C\C.N#Cc1ccc(CCNC[C@@H]2CNc3cc(-c4cc[nH]c4)cnc3O2)cc1. The maximum absolute atomic E-state index is 8.83. The van der Waals surface area contributed by atoms with Crippen LogP contribution in [0.1, 0.15) is 18.1 Å². The number of aromatic nitrogens is 2. The minimum atomic E-state index is 0.0454. The Morgan fingerprint density at radius 3 is 2.78 bits per heavy atom. The average molecular weight is 428 g/mol. The van der Waals surface area contributed by atoms with Crippen molar-refractivity contribution in [3.8, 4) is 23.1 Å². The molecule has 0 radical (unpaired) electrons. The van der Waals surface area contributed by atoms with Crippen LogP contribution < -0.4 is 15.4 Å². The number of nitriles is 1. The number of hydrogen-bond donors (Lipinski definition) is 3. The van der Waals surface area contributed by atoms with E-state index < -0.39 is 0 Å². The Labute approximate surface area is 189 Å². The van der Waals surface area contributed by atoms with Gasteiger partial charge in [-0.2, -0.15) is 5.26 Å². The van der Waals surface area contributed by atoms with E-state index in [-0.39, 0.29) is 6.10 Å². The predicted octanol–water partition coefficient (Wildman–Crippen LogP) is 4.70. The van der Waals surface area contributed by atoms with Gasteiger partial charge in [0.25, 0.3) is 0 Å². The number of pyridine rings is 1. The summed E-state index contributed by atoms with van der Waals surface area (Å²) in [7, 11) is 0. The fourth-order valence-electron chi connectivity index (χ4n) is 3.25.